The predicted octanol–water partition coefficient (Wildman–Crippen LogP) is 2.41. The van der Waals surface area contributed by atoms with Crippen LogP contribution in [0.1, 0.15) is 36.6 Å². The molecule has 0 spiro atoms. The molecule has 0 aliphatic carbocycles. The first kappa shape index (κ1) is 16.5. The van der Waals surface area contributed by atoms with Crippen LogP contribution >= 0.6 is 0 Å². The topological polar surface area (TPSA) is 54.3 Å². The Morgan fingerprint density at radius 1 is 1.33 bits per heavy atom. The summed E-state index contributed by atoms with van der Waals surface area (Å²) >= 11 is 0. The largest absolute Gasteiger partial charge is 0.363 e. The van der Waals surface area contributed by atoms with Crippen molar-refractivity contribution in [1.82, 2.24) is 19.7 Å². The minimum absolute atomic E-state index is 0.165. The normalized spacial score (nSPS) is 17.3. The van der Waals surface area contributed by atoms with E-state index in [1.54, 1.807) is 6.20 Å². The van der Waals surface area contributed by atoms with E-state index < -0.39 is 0 Å². The minimum atomic E-state index is 0.165. The second-order valence-electron chi connectivity index (χ2n) is 6.53. The average Bonchev–Trinajstić information content (AvgIpc) is 3.21. The van der Waals surface area contributed by atoms with Crippen molar-refractivity contribution in [2.24, 2.45) is 0 Å². The Morgan fingerprint density at radius 2 is 2.17 bits per heavy atom. The van der Waals surface area contributed by atoms with Crippen LogP contribution in [0.15, 0.2) is 30.6 Å². The van der Waals surface area contributed by atoms with Crippen LogP contribution in [0, 0.1) is 6.92 Å². The smallest absolute Gasteiger partial charge is 0.224 e. The van der Waals surface area contributed by atoms with E-state index in [0.717, 1.165) is 30.9 Å². The molecule has 128 valence electrons. The van der Waals surface area contributed by atoms with Crippen LogP contribution in [-0.2, 0) is 11.3 Å². The van der Waals surface area contributed by atoms with E-state index in [1.165, 1.54) is 5.56 Å². The summed E-state index contributed by atoms with van der Waals surface area (Å²) in [6.45, 7) is 3.48. The zero-order valence-corrected chi connectivity index (χ0v) is 14.6. The lowest BCUT2D eigenvalue weighted by Crippen LogP contribution is -2.31. The molecule has 3 heterocycles. The Labute approximate surface area is 143 Å². The van der Waals surface area contributed by atoms with Gasteiger partial charge in [0.2, 0.25) is 5.91 Å². The molecule has 2 aromatic heterocycles. The Kier molecular flexibility index (Phi) is 4.83. The van der Waals surface area contributed by atoms with Crippen molar-refractivity contribution in [1.29, 1.82) is 0 Å². The number of rotatable bonds is 5. The highest BCUT2D eigenvalue weighted by Crippen LogP contribution is 2.33. The average molecular weight is 327 g/mol. The number of nitrogens with zero attached hydrogens (tertiary/aromatic N) is 5. The molecule has 0 aromatic carbocycles. The number of carbonyl (C=O) groups excluding carboxylic acids is 1. The van der Waals surface area contributed by atoms with Gasteiger partial charge < -0.3 is 9.80 Å². The van der Waals surface area contributed by atoms with Gasteiger partial charge in [-0.2, -0.15) is 5.10 Å². The van der Waals surface area contributed by atoms with E-state index in [-0.39, 0.29) is 11.9 Å². The van der Waals surface area contributed by atoms with Gasteiger partial charge in [-0.1, -0.05) is 0 Å². The van der Waals surface area contributed by atoms with Crippen molar-refractivity contribution in [3.05, 3.63) is 41.9 Å². The molecule has 0 radical (unpaired) electrons. The summed E-state index contributed by atoms with van der Waals surface area (Å²) in [7, 11) is 3.96. The maximum Gasteiger partial charge on any atom is 0.224 e. The van der Waals surface area contributed by atoms with E-state index in [9.17, 15) is 4.79 Å². The number of carbonyl (C=O) groups is 1. The zero-order chi connectivity index (χ0) is 17.1. The first-order chi connectivity index (χ1) is 11.6. The van der Waals surface area contributed by atoms with Gasteiger partial charge in [-0.25, -0.2) is 4.98 Å². The number of likely N-dealkylation sites (tertiary alicyclic amines) is 1. The second-order valence-corrected chi connectivity index (χ2v) is 6.53. The fraction of sp³-hybridized carbons (Fsp3) is 0.500. The SMILES string of the molecule is Cc1ccnn1CCC(=O)N1CCCC1c1ccnc(N(C)C)c1. The maximum atomic E-state index is 12.7. The third kappa shape index (κ3) is 3.42. The summed E-state index contributed by atoms with van der Waals surface area (Å²) < 4.78 is 1.89. The molecule has 0 N–H and O–H groups in total. The number of pyridine rings is 1. The standard InChI is InChI=1S/C18H25N5O/c1-14-6-10-20-23(14)12-8-18(24)22-11-4-5-16(22)15-7-9-19-17(13-15)21(2)3/h6-7,9-10,13,16H,4-5,8,11-12H2,1-3H3. The molecule has 1 fully saturated rings. The van der Waals surface area contributed by atoms with Crippen molar-refractivity contribution in [2.75, 3.05) is 25.5 Å². The van der Waals surface area contributed by atoms with Crippen molar-refractivity contribution in [3.63, 3.8) is 0 Å². The Bertz CT molecular complexity index is 709. The first-order valence-electron chi connectivity index (χ1n) is 8.47. The van der Waals surface area contributed by atoms with E-state index in [1.807, 2.05) is 53.8 Å². The van der Waals surface area contributed by atoms with E-state index in [2.05, 4.69) is 16.1 Å². The Balaban J connectivity index is 1.69. The van der Waals surface area contributed by atoms with Crippen LogP contribution in [0.3, 0.4) is 0 Å². The van der Waals surface area contributed by atoms with Crippen LogP contribution in [0.2, 0.25) is 0 Å². The number of hydrogen-bond acceptors (Lipinski definition) is 4. The number of aromatic nitrogens is 3. The highest BCUT2D eigenvalue weighted by Gasteiger charge is 2.30. The molecule has 3 rings (SSSR count). The van der Waals surface area contributed by atoms with Crippen LogP contribution in [-0.4, -0.2) is 46.2 Å². The molecule has 1 saturated heterocycles. The summed E-state index contributed by atoms with van der Waals surface area (Å²) in [6.07, 6.45) is 6.17. The molecule has 6 heteroatoms. The van der Waals surface area contributed by atoms with Gasteiger partial charge in [-0.05, 0) is 43.5 Å². The van der Waals surface area contributed by atoms with Gasteiger partial charge in [0.1, 0.15) is 5.82 Å². The third-order valence-electron chi connectivity index (χ3n) is 4.65. The lowest BCUT2D eigenvalue weighted by Gasteiger charge is -2.26. The van der Waals surface area contributed by atoms with Crippen LogP contribution in [0.5, 0.6) is 0 Å². The van der Waals surface area contributed by atoms with Crippen LogP contribution in [0.25, 0.3) is 0 Å². The lowest BCUT2D eigenvalue weighted by molar-refractivity contribution is -0.132. The van der Waals surface area contributed by atoms with Crippen LogP contribution < -0.4 is 4.90 Å². The molecule has 0 saturated carbocycles. The molecule has 2 aromatic rings. The lowest BCUT2D eigenvalue weighted by atomic mass is 10.1. The predicted molar refractivity (Wildman–Crippen MR) is 93.8 cm³/mol. The minimum Gasteiger partial charge on any atom is -0.363 e. The van der Waals surface area contributed by atoms with Gasteiger partial charge in [0.25, 0.3) is 0 Å². The summed E-state index contributed by atoms with van der Waals surface area (Å²) in [4.78, 5) is 21.1. The molecule has 1 atom stereocenters. The summed E-state index contributed by atoms with van der Waals surface area (Å²) in [6, 6.07) is 6.25. The number of aryl methyl sites for hydroxylation is 2. The van der Waals surface area contributed by atoms with Crippen LogP contribution in [0.4, 0.5) is 5.82 Å². The fourth-order valence-corrected chi connectivity index (χ4v) is 3.28. The van der Waals surface area contributed by atoms with E-state index >= 15 is 0 Å². The number of amides is 1. The molecule has 24 heavy (non-hydrogen) atoms. The number of hydrogen-bond donors (Lipinski definition) is 0. The van der Waals surface area contributed by atoms with Gasteiger partial charge in [0.05, 0.1) is 6.04 Å². The third-order valence-corrected chi connectivity index (χ3v) is 4.65. The summed E-state index contributed by atoms with van der Waals surface area (Å²) in [5.74, 6) is 1.13. The molecule has 1 aliphatic rings. The highest BCUT2D eigenvalue weighted by atomic mass is 16.2. The second kappa shape index (κ2) is 7.03. The van der Waals surface area contributed by atoms with Gasteiger partial charge >= 0.3 is 0 Å². The molecular formula is C18H25N5O. The molecule has 1 aliphatic heterocycles. The summed E-state index contributed by atoms with van der Waals surface area (Å²) in [5, 5.41) is 4.25. The van der Waals surface area contributed by atoms with Gasteiger partial charge in [0.15, 0.2) is 0 Å². The molecule has 6 nitrogen and oxygen atoms in total. The monoisotopic (exact) mass is 327 g/mol. The van der Waals surface area contributed by atoms with Gasteiger partial charge in [-0.3, -0.25) is 9.48 Å². The quantitative estimate of drug-likeness (QED) is 0.846. The van der Waals surface area contributed by atoms with Crippen molar-refractivity contribution < 1.29 is 4.79 Å². The fourth-order valence-electron chi connectivity index (χ4n) is 3.28. The van der Waals surface area contributed by atoms with Gasteiger partial charge in [0, 0.05) is 51.7 Å². The first-order valence-corrected chi connectivity index (χ1v) is 8.47. The molecular weight excluding hydrogens is 302 g/mol. The van der Waals surface area contributed by atoms with Gasteiger partial charge in [-0.15, -0.1) is 0 Å². The Morgan fingerprint density at radius 3 is 2.88 bits per heavy atom. The molecule has 1 amide bonds. The highest BCUT2D eigenvalue weighted by molar-refractivity contribution is 5.77. The molecule has 0 bridgehead atoms. The zero-order valence-electron chi connectivity index (χ0n) is 14.6. The van der Waals surface area contributed by atoms with Crippen molar-refractivity contribution in [3.8, 4) is 0 Å². The van der Waals surface area contributed by atoms with Crippen molar-refractivity contribution >= 4 is 11.7 Å². The Hall–Kier alpha value is -2.37. The van der Waals surface area contributed by atoms with E-state index in [0.29, 0.717) is 13.0 Å². The summed E-state index contributed by atoms with van der Waals surface area (Å²) in [5.41, 5.74) is 2.26. The maximum absolute atomic E-state index is 12.7. The van der Waals surface area contributed by atoms with E-state index in [4.69, 9.17) is 0 Å². The van der Waals surface area contributed by atoms with Crippen molar-refractivity contribution in [2.45, 2.75) is 38.8 Å². The molecule has 1 unspecified atom stereocenters. The number of anilines is 1.